The van der Waals surface area contributed by atoms with Crippen LogP contribution in [0.3, 0.4) is 0 Å². The van der Waals surface area contributed by atoms with E-state index in [-0.39, 0.29) is 5.69 Å². The monoisotopic (exact) mass is 231 g/mol. The lowest BCUT2D eigenvalue weighted by Crippen LogP contribution is -2.03. The van der Waals surface area contributed by atoms with Crippen molar-refractivity contribution in [3.63, 3.8) is 0 Å². The molecular weight excluding hydrogens is 223 g/mol. The molecule has 0 unspecified atom stereocenters. The number of carbonyl (C=O) groups excluding carboxylic acids is 1. The van der Waals surface area contributed by atoms with E-state index in [0.29, 0.717) is 0 Å². The first-order chi connectivity index (χ1) is 7.43. The van der Waals surface area contributed by atoms with Gasteiger partial charge in [-0.05, 0) is 24.3 Å². The molecule has 0 atom stereocenters. The molecule has 0 saturated heterocycles. The predicted molar refractivity (Wildman–Crippen MR) is 51.6 cm³/mol. The zero-order valence-electron chi connectivity index (χ0n) is 8.28. The highest BCUT2D eigenvalue weighted by molar-refractivity contribution is 6.23. The SMILES string of the molecule is COC(=O)C=Nc1ccc(C(F)(F)F)cc1. The third-order valence-corrected chi connectivity index (χ3v) is 1.71. The molecule has 86 valence electrons. The second-order valence-electron chi connectivity index (χ2n) is 2.83. The average Bonchev–Trinajstić information content (AvgIpc) is 2.25. The first-order valence-corrected chi connectivity index (χ1v) is 4.23. The molecule has 0 radical (unpaired) electrons. The maximum Gasteiger partial charge on any atom is 0.416 e. The van der Waals surface area contributed by atoms with Crippen molar-refractivity contribution < 1.29 is 22.7 Å². The van der Waals surface area contributed by atoms with Gasteiger partial charge in [0.05, 0.1) is 18.4 Å². The smallest absolute Gasteiger partial charge is 0.416 e. The molecule has 0 aliphatic rings. The van der Waals surface area contributed by atoms with Crippen LogP contribution in [-0.2, 0) is 15.7 Å². The number of nitrogens with zero attached hydrogens (tertiary/aromatic N) is 1. The molecule has 1 aromatic rings. The van der Waals surface area contributed by atoms with Crippen LogP contribution in [0.25, 0.3) is 0 Å². The molecule has 0 fully saturated rings. The summed E-state index contributed by atoms with van der Waals surface area (Å²) in [5.74, 6) is -0.667. The van der Waals surface area contributed by atoms with Crippen LogP contribution in [0.2, 0.25) is 0 Å². The van der Waals surface area contributed by atoms with Gasteiger partial charge in [-0.3, -0.25) is 0 Å². The molecule has 0 spiro atoms. The molecule has 0 N–H and O–H groups in total. The lowest BCUT2D eigenvalue weighted by molar-refractivity contribution is -0.137. The van der Waals surface area contributed by atoms with E-state index in [0.717, 1.165) is 18.3 Å². The number of carbonyl (C=O) groups is 1. The minimum absolute atomic E-state index is 0.249. The van der Waals surface area contributed by atoms with Gasteiger partial charge in [0.2, 0.25) is 0 Å². The van der Waals surface area contributed by atoms with Crippen LogP contribution < -0.4 is 0 Å². The van der Waals surface area contributed by atoms with Gasteiger partial charge in [0, 0.05) is 0 Å². The fourth-order valence-electron chi connectivity index (χ4n) is 0.916. The Morgan fingerprint density at radius 2 is 1.88 bits per heavy atom. The number of hydrogen-bond acceptors (Lipinski definition) is 3. The van der Waals surface area contributed by atoms with Crippen molar-refractivity contribution in [2.24, 2.45) is 4.99 Å². The van der Waals surface area contributed by atoms with Crippen molar-refractivity contribution >= 4 is 17.9 Å². The Balaban J connectivity index is 2.80. The maximum atomic E-state index is 12.2. The number of hydrogen-bond donors (Lipinski definition) is 0. The number of alkyl halides is 3. The lowest BCUT2D eigenvalue weighted by atomic mass is 10.2. The molecule has 1 aromatic carbocycles. The molecule has 0 amide bonds. The van der Waals surface area contributed by atoms with Crippen molar-refractivity contribution in [3.8, 4) is 0 Å². The number of halogens is 3. The quantitative estimate of drug-likeness (QED) is 0.579. The second kappa shape index (κ2) is 4.78. The van der Waals surface area contributed by atoms with Crippen LogP contribution in [0.4, 0.5) is 18.9 Å². The van der Waals surface area contributed by atoms with Crippen LogP contribution in [0.15, 0.2) is 29.3 Å². The summed E-state index contributed by atoms with van der Waals surface area (Å²) in [7, 11) is 1.18. The third kappa shape index (κ3) is 3.38. The van der Waals surface area contributed by atoms with Gasteiger partial charge in [0.25, 0.3) is 0 Å². The maximum absolute atomic E-state index is 12.2. The number of methoxy groups -OCH3 is 1. The van der Waals surface area contributed by atoms with Crippen LogP contribution in [-0.4, -0.2) is 19.3 Å². The van der Waals surface area contributed by atoms with E-state index in [1.807, 2.05) is 0 Å². The first kappa shape index (κ1) is 12.2. The summed E-state index contributed by atoms with van der Waals surface area (Å²) in [6.07, 6.45) is -3.48. The molecule has 3 nitrogen and oxygen atoms in total. The number of aliphatic imine (C=N–C) groups is 1. The Bertz CT molecular complexity index is 396. The van der Waals surface area contributed by atoms with Crippen LogP contribution in [0.5, 0.6) is 0 Å². The minimum Gasteiger partial charge on any atom is -0.465 e. The fraction of sp³-hybridized carbons (Fsp3) is 0.200. The Morgan fingerprint density at radius 3 is 2.31 bits per heavy atom. The van der Waals surface area contributed by atoms with Crippen LogP contribution in [0, 0.1) is 0 Å². The molecule has 0 aromatic heterocycles. The van der Waals surface area contributed by atoms with Crippen LogP contribution >= 0.6 is 0 Å². The van der Waals surface area contributed by atoms with Gasteiger partial charge in [0.1, 0.15) is 6.21 Å². The summed E-state index contributed by atoms with van der Waals surface area (Å²) < 4.78 is 40.8. The van der Waals surface area contributed by atoms with Crippen molar-refractivity contribution in [3.05, 3.63) is 29.8 Å². The molecule has 0 aliphatic carbocycles. The van der Waals surface area contributed by atoms with Crippen molar-refractivity contribution in [1.82, 2.24) is 0 Å². The van der Waals surface area contributed by atoms with E-state index in [9.17, 15) is 18.0 Å². The van der Waals surface area contributed by atoms with Crippen LogP contribution in [0.1, 0.15) is 5.56 Å². The Labute approximate surface area is 89.6 Å². The largest absolute Gasteiger partial charge is 0.465 e. The molecule has 0 heterocycles. The number of ether oxygens (including phenoxy) is 1. The van der Waals surface area contributed by atoms with Crippen molar-refractivity contribution in [2.45, 2.75) is 6.18 Å². The molecule has 0 bridgehead atoms. The summed E-state index contributed by atoms with van der Waals surface area (Å²) in [6, 6.07) is 4.12. The van der Waals surface area contributed by atoms with E-state index >= 15 is 0 Å². The summed E-state index contributed by atoms with van der Waals surface area (Å²) in [6.45, 7) is 0. The van der Waals surface area contributed by atoms with E-state index in [2.05, 4.69) is 9.73 Å². The minimum atomic E-state index is -4.37. The normalized spacial score (nSPS) is 11.8. The summed E-state index contributed by atoms with van der Waals surface area (Å²) >= 11 is 0. The number of benzene rings is 1. The molecule has 6 heteroatoms. The number of rotatable bonds is 2. The van der Waals surface area contributed by atoms with Crippen molar-refractivity contribution in [2.75, 3.05) is 7.11 Å². The Morgan fingerprint density at radius 1 is 1.31 bits per heavy atom. The Kier molecular flexibility index (Phi) is 3.65. The van der Waals surface area contributed by atoms with Gasteiger partial charge in [-0.25, -0.2) is 9.79 Å². The fourth-order valence-corrected chi connectivity index (χ4v) is 0.916. The average molecular weight is 231 g/mol. The zero-order valence-corrected chi connectivity index (χ0v) is 8.28. The lowest BCUT2D eigenvalue weighted by Gasteiger charge is -2.05. The second-order valence-corrected chi connectivity index (χ2v) is 2.83. The van der Waals surface area contributed by atoms with Gasteiger partial charge in [0.15, 0.2) is 0 Å². The van der Waals surface area contributed by atoms with Gasteiger partial charge in [-0.1, -0.05) is 0 Å². The van der Waals surface area contributed by atoms with Gasteiger partial charge in [-0.15, -0.1) is 0 Å². The zero-order chi connectivity index (χ0) is 12.2. The highest BCUT2D eigenvalue weighted by Crippen LogP contribution is 2.30. The summed E-state index contributed by atoms with van der Waals surface area (Å²) in [4.78, 5) is 14.3. The highest BCUT2D eigenvalue weighted by Gasteiger charge is 2.29. The predicted octanol–water partition coefficient (Wildman–Crippen LogP) is 2.58. The highest BCUT2D eigenvalue weighted by atomic mass is 19.4. The van der Waals surface area contributed by atoms with Gasteiger partial charge >= 0.3 is 12.1 Å². The molecule has 0 saturated carbocycles. The van der Waals surface area contributed by atoms with Gasteiger partial charge in [-0.2, -0.15) is 13.2 Å². The third-order valence-electron chi connectivity index (χ3n) is 1.71. The first-order valence-electron chi connectivity index (χ1n) is 4.23. The molecule has 1 rings (SSSR count). The summed E-state index contributed by atoms with van der Waals surface area (Å²) in [5.41, 5.74) is -0.511. The summed E-state index contributed by atoms with van der Waals surface area (Å²) in [5, 5.41) is 0. The standard InChI is InChI=1S/C10H8F3NO2/c1-16-9(15)6-14-8-4-2-7(3-5-8)10(11,12)13/h2-6H,1H3. The van der Waals surface area contributed by atoms with E-state index in [1.165, 1.54) is 19.2 Å². The Hall–Kier alpha value is -1.85. The van der Waals surface area contributed by atoms with Gasteiger partial charge < -0.3 is 4.74 Å². The molecule has 0 aliphatic heterocycles. The van der Waals surface area contributed by atoms with E-state index < -0.39 is 17.7 Å². The number of esters is 1. The topological polar surface area (TPSA) is 38.7 Å². The molecular formula is C10H8F3NO2. The van der Waals surface area contributed by atoms with Crippen molar-refractivity contribution in [1.29, 1.82) is 0 Å². The molecule has 16 heavy (non-hydrogen) atoms. The van der Waals surface area contributed by atoms with E-state index in [4.69, 9.17) is 0 Å². The van der Waals surface area contributed by atoms with E-state index in [1.54, 1.807) is 0 Å².